The lowest BCUT2D eigenvalue weighted by Crippen LogP contribution is -2.27. The molecule has 0 spiro atoms. The van der Waals surface area contributed by atoms with E-state index >= 15 is 0 Å². The number of benzene rings is 1. The Morgan fingerprint density at radius 3 is 2.91 bits per heavy atom. The van der Waals surface area contributed by atoms with Gasteiger partial charge in [0.25, 0.3) is 0 Å². The van der Waals surface area contributed by atoms with Crippen LogP contribution in [-0.4, -0.2) is 22.6 Å². The van der Waals surface area contributed by atoms with Crippen LogP contribution in [0.2, 0.25) is 0 Å². The van der Waals surface area contributed by atoms with Gasteiger partial charge in [0.2, 0.25) is 0 Å². The molecule has 1 amide bonds. The maximum Gasteiger partial charge on any atom is 0.407 e. The topological polar surface area (TPSA) is 64.1 Å². The summed E-state index contributed by atoms with van der Waals surface area (Å²) in [5.74, 6) is 0. The van der Waals surface area contributed by atoms with Crippen molar-refractivity contribution in [2.75, 3.05) is 6.54 Å². The van der Waals surface area contributed by atoms with Crippen molar-refractivity contribution >= 4 is 27.6 Å². The fourth-order valence-corrected chi connectivity index (χ4v) is 2.88. The minimum absolute atomic E-state index is 0.149. The summed E-state index contributed by atoms with van der Waals surface area (Å²) in [7, 11) is 0. The minimum atomic E-state index is -1.38. The van der Waals surface area contributed by atoms with Crippen LogP contribution in [0.5, 0.6) is 0 Å². The van der Waals surface area contributed by atoms with E-state index in [9.17, 15) is 9.18 Å². The highest BCUT2D eigenvalue weighted by molar-refractivity contribution is 7.18. The molecular weight excluding hydrogens is 317 g/mol. The standard InChI is InChI=1S/C16H14FN3O2S/c17-12(15-20-13-9-18-7-6-14(13)23-15)8-19-16(21)22-10-11-4-2-1-3-5-11/h1-7,9,12H,8,10H2,(H,19,21)/t12-/m1/s1. The van der Waals surface area contributed by atoms with Gasteiger partial charge < -0.3 is 10.1 Å². The molecular formula is C16H14FN3O2S. The van der Waals surface area contributed by atoms with Crippen molar-refractivity contribution in [1.29, 1.82) is 0 Å². The van der Waals surface area contributed by atoms with Gasteiger partial charge in [-0.05, 0) is 11.6 Å². The third kappa shape index (κ3) is 4.01. The van der Waals surface area contributed by atoms with Crippen LogP contribution in [0.15, 0.2) is 48.8 Å². The Hall–Kier alpha value is -2.54. The van der Waals surface area contributed by atoms with Crippen LogP contribution in [-0.2, 0) is 11.3 Å². The average molecular weight is 331 g/mol. The number of halogens is 1. The number of thiazole rings is 1. The number of hydrogen-bond donors (Lipinski definition) is 1. The molecule has 1 atom stereocenters. The maximum absolute atomic E-state index is 14.2. The number of carbonyl (C=O) groups is 1. The number of alkyl carbamates (subject to hydrolysis) is 1. The molecule has 0 unspecified atom stereocenters. The van der Waals surface area contributed by atoms with Crippen LogP contribution in [0.3, 0.4) is 0 Å². The number of nitrogens with one attached hydrogen (secondary N) is 1. The van der Waals surface area contributed by atoms with Crippen molar-refractivity contribution in [3.63, 3.8) is 0 Å². The Balaban J connectivity index is 1.50. The molecule has 5 nitrogen and oxygen atoms in total. The number of pyridine rings is 1. The molecule has 118 valence electrons. The molecule has 2 heterocycles. The highest BCUT2D eigenvalue weighted by atomic mass is 32.1. The van der Waals surface area contributed by atoms with E-state index in [2.05, 4.69) is 15.3 Å². The number of hydrogen-bond acceptors (Lipinski definition) is 5. The first-order valence-corrected chi connectivity index (χ1v) is 7.83. The predicted molar refractivity (Wildman–Crippen MR) is 85.9 cm³/mol. The van der Waals surface area contributed by atoms with E-state index < -0.39 is 12.3 Å². The summed E-state index contributed by atoms with van der Waals surface area (Å²) in [6.07, 6.45) is 1.19. The lowest BCUT2D eigenvalue weighted by molar-refractivity contribution is 0.136. The molecule has 0 saturated heterocycles. The Morgan fingerprint density at radius 2 is 2.13 bits per heavy atom. The molecule has 0 saturated carbocycles. The number of ether oxygens (including phenoxy) is 1. The maximum atomic E-state index is 14.2. The van der Waals surface area contributed by atoms with Crippen LogP contribution in [0, 0.1) is 0 Å². The molecule has 3 rings (SSSR count). The zero-order chi connectivity index (χ0) is 16.1. The van der Waals surface area contributed by atoms with E-state index in [1.807, 2.05) is 30.3 Å². The molecule has 0 radical (unpaired) electrons. The van der Waals surface area contributed by atoms with E-state index in [1.165, 1.54) is 11.3 Å². The van der Waals surface area contributed by atoms with Gasteiger partial charge in [-0.25, -0.2) is 14.2 Å². The smallest absolute Gasteiger partial charge is 0.407 e. The van der Waals surface area contributed by atoms with Crippen LogP contribution in [0.1, 0.15) is 16.7 Å². The fraction of sp³-hybridized carbons (Fsp3) is 0.188. The number of fused-ring (bicyclic) bond motifs is 1. The third-order valence-electron chi connectivity index (χ3n) is 3.11. The third-order valence-corrected chi connectivity index (χ3v) is 4.23. The van der Waals surface area contributed by atoms with Gasteiger partial charge in [0.1, 0.15) is 11.6 Å². The number of aromatic nitrogens is 2. The summed E-state index contributed by atoms with van der Waals surface area (Å²) in [6.45, 7) is -0.0305. The summed E-state index contributed by atoms with van der Waals surface area (Å²) >= 11 is 1.25. The van der Waals surface area contributed by atoms with Crippen molar-refractivity contribution in [3.05, 3.63) is 59.4 Å². The predicted octanol–water partition coefficient (Wildman–Crippen LogP) is 3.63. The largest absolute Gasteiger partial charge is 0.445 e. The van der Waals surface area contributed by atoms with Gasteiger partial charge in [-0.3, -0.25) is 4.98 Å². The van der Waals surface area contributed by atoms with Crippen molar-refractivity contribution in [2.24, 2.45) is 0 Å². The lowest BCUT2D eigenvalue weighted by Gasteiger charge is -2.08. The normalized spacial score (nSPS) is 12.0. The van der Waals surface area contributed by atoms with E-state index in [-0.39, 0.29) is 13.2 Å². The summed E-state index contributed by atoms with van der Waals surface area (Å²) < 4.78 is 20.0. The SMILES string of the molecule is O=C(NC[C@@H](F)c1nc2cnccc2s1)OCc1ccccc1. The molecule has 1 N–H and O–H groups in total. The Labute approximate surface area is 136 Å². The number of carbonyl (C=O) groups excluding carboxylic acids is 1. The Bertz CT molecular complexity index is 761. The molecule has 1 aromatic carbocycles. The highest BCUT2D eigenvalue weighted by Crippen LogP contribution is 2.27. The van der Waals surface area contributed by atoms with Crippen LogP contribution in [0.4, 0.5) is 9.18 Å². The van der Waals surface area contributed by atoms with E-state index in [1.54, 1.807) is 18.5 Å². The monoisotopic (exact) mass is 331 g/mol. The molecule has 0 fully saturated rings. The summed E-state index contributed by atoms with van der Waals surface area (Å²) in [5, 5.41) is 2.73. The second-order valence-electron chi connectivity index (χ2n) is 4.81. The van der Waals surface area contributed by atoms with Crippen molar-refractivity contribution in [2.45, 2.75) is 12.8 Å². The van der Waals surface area contributed by atoms with Gasteiger partial charge >= 0.3 is 6.09 Å². The molecule has 23 heavy (non-hydrogen) atoms. The molecule has 0 aliphatic carbocycles. The first-order valence-electron chi connectivity index (χ1n) is 7.01. The second-order valence-corrected chi connectivity index (χ2v) is 5.87. The van der Waals surface area contributed by atoms with Crippen LogP contribution < -0.4 is 5.32 Å². The van der Waals surface area contributed by atoms with Crippen LogP contribution in [0.25, 0.3) is 10.2 Å². The highest BCUT2D eigenvalue weighted by Gasteiger charge is 2.16. The lowest BCUT2D eigenvalue weighted by atomic mass is 10.2. The first kappa shape index (κ1) is 15.4. The molecule has 7 heteroatoms. The van der Waals surface area contributed by atoms with E-state index in [4.69, 9.17) is 4.74 Å². The summed E-state index contributed by atoms with van der Waals surface area (Å²) in [4.78, 5) is 19.7. The van der Waals surface area contributed by atoms with Gasteiger partial charge in [-0.2, -0.15) is 0 Å². The summed E-state index contributed by atoms with van der Waals surface area (Å²) in [5.41, 5.74) is 1.53. The van der Waals surface area contributed by atoms with Gasteiger partial charge in [0.05, 0.1) is 23.0 Å². The molecule has 3 aromatic rings. The Kier molecular flexibility index (Phi) is 4.77. The minimum Gasteiger partial charge on any atom is -0.445 e. The van der Waals surface area contributed by atoms with Gasteiger partial charge in [0, 0.05) is 6.20 Å². The average Bonchev–Trinajstić information content (AvgIpc) is 3.03. The quantitative estimate of drug-likeness (QED) is 0.775. The summed E-state index contributed by atoms with van der Waals surface area (Å²) in [6, 6.07) is 11.1. The first-order chi connectivity index (χ1) is 11.2. The number of rotatable bonds is 5. The number of alkyl halides is 1. The number of amides is 1. The number of nitrogens with zero attached hydrogens (tertiary/aromatic N) is 2. The van der Waals surface area contributed by atoms with Gasteiger partial charge in [0.15, 0.2) is 6.17 Å². The van der Waals surface area contributed by atoms with E-state index in [0.717, 1.165) is 10.3 Å². The van der Waals surface area contributed by atoms with Gasteiger partial charge in [-0.1, -0.05) is 30.3 Å². The van der Waals surface area contributed by atoms with E-state index in [0.29, 0.717) is 10.5 Å². The van der Waals surface area contributed by atoms with Crippen molar-refractivity contribution in [3.8, 4) is 0 Å². The van der Waals surface area contributed by atoms with Crippen molar-refractivity contribution in [1.82, 2.24) is 15.3 Å². The van der Waals surface area contributed by atoms with Gasteiger partial charge in [-0.15, -0.1) is 11.3 Å². The Morgan fingerprint density at radius 1 is 1.30 bits per heavy atom. The molecule has 2 aromatic heterocycles. The second kappa shape index (κ2) is 7.15. The molecule has 0 aliphatic heterocycles. The zero-order valence-electron chi connectivity index (χ0n) is 12.1. The molecule has 0 aliphatic rings. The molecule has 0 bridgehead atoms. The zero-order valence-corrected chi connectivity index (χ0v) is 12.9. The van der Waals surface area contributed by atoms with Crippen molar-refractivity contribution < 1.29 is 13.9 Å². The van der Waals surface area contributed by atoms with Crippen LogP contribution >= 0.6 is 11.3 Å². The fourth-order valence-electron chi connectivity index (χ4n) is 1.97.